The van der Waals surface area contributed by atoms with Crippen molar-refractivity contribution in [3.05, 3.63) is 59.3 Å². The zero-order valence-electron chi connectivity index (χ0n) is 16.5. The standard InChI is InChI=1S/C21H23N3O4S/c1-15-7-8-20(16(2)13-15)29(26,27)24-11-9-23(10-12-24)21(25)14-18-17-5-3-4-6-19(17)28-22-18/h3-8,13H,9-12,14H2,1-2H3. The van der Waals surface area contributed by atoms with E-state index >= 15 is 0 Å². The van der Waals surface area contributed by atoms with Gasteiger partial charge in [-0.3, -0.25) is 4.79 Å². The van der Waals surface area contributed by atoms with E-state index in [1.165, 1.54) is 4.31 Å². The van der Waals surface area contributed by atoms with Gasteiger partial charge < -0.3 is 9.42 Å². The summed E-state index contributed by atoms with van der Waals surface area (Å²) >= 11 is 0. The molecule has 0 N–H and O–H groups in total. The summed E-state index contributed by atoms with van der Waals surface area (Å²) < 4.78 is 32.7. The first-order valence-corrected chi connectivity index (χ1v) is 11.0. The number of aryl methyl sites for hydroxylation is 2. The third-order valence-electron chi connectivity index (χ3n) is 5.31. The third kappa shape index (κ3) is 3.77. The van der Waals surface area contributed by atoms with Gasteiger partial charge >= 0.3 is 0 Å². The summed E-state index contributed by atoms with van der Waals surface area (Å²) in [7, 11) is -3.57. The second-order valence-corrected chi connectivity index (χ2v) is 9.26. The predicted molar refractivity (Wildman–Crippen MR) is 109 cm³/mol. The maximum atomic E-state index is 13.0. The van der Waals surface area contributed by atoms with E-state index in [-0.39, 0.29) is 25.4 Å². The number of benzene rings is 2. The van der Waals surface area contributed by atoms with Gasteiger partial charge in [0.15, 0.2) is 5.58 Å². The molecule has 3 aromatic rings. The molecular formula is C21H23N3O4S. The highest BCUT2D eigenvalue weighted by Gasteiger charge is 2.31. The van der Waals surface area contributed by atoms with Gasteiger partial charge in [-0.05, 0) is 37.6 Å². The number of piperazine rings is 1. The number of rotatable bonds is 4. The number of amides is 1. The smallest absolute Gasteiger partial charge is 0.243 e. The second kappa shape index (κ2) is 7.61. The molecule has 0 aliphatic carbocycles. The number of aromatic nitrogens is 1. The molecule has 152 valence electrons. The minimum absolute atomic E-state index is 0.0763. The quantitative estimate of drug-likeness (QED) is 0.656. The van der Waals surface area contributed by atoms with Gasteiger partial charge in [0.25, 0.3) is 0 Å². The van der Waals surface area contributed by atoms with Crippen LogP contribution in [0.25, 0.3) is 11.0 Å². The van der Waals surface area contributed by atoms with Gasteiger partial charge in [-0.25, -0.2) is 8.42 Å². The number of nitrogens with zero attached hydrogens (tertiary/aromatic N) is 3. The molecule has 0 atom stereocenters. The van der Waals surface area contributed by atoms with Crippen LogP contribution in [-0.4, -0.2) is 54.9 Å². The molecule has 2 heterocycles. The number of para-hydroxylation sites is 1. The Balaban J connectivity index is 1.43. The van der Waals surface area contributed by atoms with Gasteiger partial charge in [-0.15, -0.1) is 0 Å². The van der Waals surface area contributed by atoms with Crippen molar-refractivity contribution in [3.8, 4) is 0 Å². The van der Waals surface area contributed by atoms with Crippen LogP contribution in [-0.2, 0) is 21.2 Å². The summed E-state index contributed by atoms with van der Waals surface area (Å²) in [6.07, 6.45) is 0.140. The zero-order chi connectivity index (χ0) is 20.6. The highest BCUT2D eigenvalue weighted by atomic mass is 32.2. The third-order valence-corrected chi connectivity index (χ3v) is 7.37. The fraction of sp³-hybridized carbons (Fsp3) is 0.333. The van der Waals surface area contributed by atoms with Crippen molar-refractivity contribution in [2.45, 2.75) is 25.2 Å². The molecule has 7 nitrogen and oxygen atoms in total. The Labute approximate surface area is 169 Å². The van der Waals surface area contributed by atoms with Crippen molar-refractivity contribution in [2.24, 2.45) is 0 Å². The Kier molecular flexibility index (Phi) is 5.14. The van der Waals surface area contributed by atoms with Crippen LogP contribution < -0.4 is 0 Å². The van der Waals surface area contributed by atoms with Crippen LogP contribution in [0.2, 0.25) is 0 Å². The normalized spacial score (nSPS) is 15.7. The van der Waals surface area contributed by atoms with Crippen molar-refractivity contribution in [1.82, 2.24) is 14.4 Å². The monoisotopic (exact) mass is 413 g/mol. The van der Waals surface area contributed by atoms with E-state index in [2.05, 4.69) is 5.16 Å². The van der Waals surface area contributed by atoms with Gasteiger partial charge in [0.05, 0.1) is 11.3 Å². The minimum atomic E-state index is -3.57. The number of carbonyl (C=O) groups excluding carboxylic acids is 1. The van der Waals surface area contributed by atoms with Gasteiger partial charge in [-0.1, -0.05) is 35.0 Å². The van der Waals surface area contributed by atoms with E-state index in [1.54, 1.807) is 11.0 Å². The van der Waals surface area contributed by atoms with E-state index in [1.807, 2.05) is 50.2 Å². The molecule has 1 fully saturated rings. The topological polar surface area (TPSA) is 83.7 Å². The second-order valence-electron chi connectivity index (χ2n) is 7.36. The number of carbonyl (C=O) groups is 1. The van der Waals surface area contributed by atoms with E-state index in [4.69, 9.17) is 4.52 Å². The van der Waals surface area contributed by atoms with Crippen molar-refractivity contribution >= 4 is 26.9 Å². The van der Waals surface area contributed by atoms with Crippen LogP contribution >= 0.6 is 0 Å². The summed E-state index contributed by atoms with van der Waals surface area (Å²) in [6.45, 7) is 5.02. The average Bonchev–Trinajstić information content (AvgIpc) is 3.11. The van der Waals surface area contributed by atoms with Crippen LogP contribution in [0.3, 0.4) is 0 Å². The maximum Gasteiger partial charge on any atom is 0.243 e. The molecule has 8 heteroatoms. The van der Waals surface area contributed by atoms with Crippen molar-refractivity contribution < 1.29 is 17.7 Å². The predicted octanol–water partition coefficient (Wildman–Crippen LogP) is 2.52. The summed E-state index contributed by atoms with van der Waals surface area (Å²) in [4.78, 5) is 14.7. The fourth-order valence-corrected chi connectivity index (χ4v) is 5.35. The van der Waals surface area contributed by atoms with Crippen molar-refractivity contribution in [3.63, 3.8) is 0 Å². The summed E-state index contributed by atoms with van der Waals surface area (Å²) in [5, 5.41) is 4.84. The van der Waals surface area contributed by atoms with E-state index < -0.39 is 10.0 Å². The SMILES string of the molecule is Cc1ccc(S(=O)(=O)N2CCN(C(=O)Cc3noc4ccccc34)CC2)c(C)c1. The average molecular weight is 413 g/mol. The highest BCUT2D eigenvalue weighted by molar-refractivity contribution is 7.89. The summed E-state index contributed by atoms with van der Waals surface area (Å²) in [5.74, 6) is -0.0763. The molecule has 0 spiro atoms. The van der Waals surface area contributed by atoms with E-state index in [0.717, 1.165) is 16.5 Å². The molecular weight excluding hydrogens is 390 g/mol. The van der Waals surface area contributed by atoms with Gasteiger partial charge in [0.1, 0.15) is 5.69 Å². The molecule has 0 saturated carbocycles. The molecule has 1 aliphatic rings. The Morgan fingerprint density at radius 1 is 1.07 bits per heavy atom. The zero-order valence-corrected chi connectivity index (χ0v) is 17.3. The molecule has 1 aliphatic heterocycles. The van der Waals surface area contributed by atoms with Crippen LogP contribution in [0.1, 0.15) is 16.8 Å². The Hall–Kier alpha value is -2.71. The van der Waals surface area contributed by atoms with Crippen LogP contribution in [0.15, 0.2) is 51.9 Å². The molecule has 0 unspecified atom stereocenters. The fourth-order valence-electron chi connectivity index (χ4n) is 3.73. The largest absolute Gasteiger partial charge is 0.356 e. The van der Waals surface area contributed by atoms with Gasteiger partial charge in [0, 0.05) is 31.6 Å². The van der Waals surface area contributed by atoms with Crippen molar-refractivity contribution in [1.29, 1.82) is 0 Å². The molecule has 4 rings (SSSR count). The number of fused-ring (bicyclic) bond motifs is 1. The maximum absolute atomic E-state index is 13.0. The molecule has 2 aromatic carbocycles. The molecule has 1 aromatic heterocycles. The Morgan fingerprint density at radius 2 is 1.79 bits per heavy atom. The molecule has 29 heavy (non-hydrogen) atoms. The minimum Gasteiger partial charge on any atom is -0.356 e. The van der Waals surface area contributed by atoms with Gasteiger partial charge in [-0.2, -0.15) is 4.31 Å². The van der Waals surface area contributed by atoms with E-state index in [9.17, 15) is 13.2 Å². The first-order valence-electron chi connectivity index (χ1n) is 9.55. The van der Waals surface area contributed by atoms with E-state index in [0.29, 0.717) is 29.3 Å². The summed E-state index contributed by atoms with van der Waals surface area (Å²) in [5.41, 5.74) is 3.02. The number of hydrogen-bond acceptors (Lipinski definition) is 5. The molecule has 0 radical (unpaired) electrons. The lowest BCUT2D eigenvalue weighted by Crippen LogP contribution is -2.51. The van der Waals surface area contributed by atoms with Gasteiger partial charge in [0.2, 0.25) is 15.9 Å². The lowest BCUT2D eigenvalue weighted by atomic mass is 10.1. The molecule has 0 bridgehead atoms. The lowest BCUT2D eigenvalue weighted by molar-refractivity contribution is -0.131. The number of sulfonamides is 1. The first-order chi connectivity index (χ1) is 13.9. The van der Waals surface area contributed by atoms with Crippen molar-refractivity contribution in [2.75, 3.05) is 26.2 Å². The Morgan fingerprint density at radius 3 is 2.52 bits per heavy atom. The van der Waals surface area contributed by atoms with Crippen LogP contribution in [0, 0.1) is 13.8 Å². The first kappa shape index (κ1) is 19.6. The molecule has 1 saturated heterocycles. The lowest BCUT2D eigenvalue weighted by Gasteiger charge is -2.34. The Bertz CT molecular complexity index is 1160. The van der Waals surface area contributed by atoms with Crippen LogP contribution in [0.5, 0.6) is 0 Å². The molecule has 1 amide bonds. The number of hydrogen-bond donors (Lipinski definition) is 0. The van der Waals surface area contributed by atoms with Crippen LogP contribution in [0.4, 0.5) is 0 Å². The summed E-state index contributed by atoms with van der Waals surface area (Å²) in [6, 6.07) is 12.8. The highest BCUT2D eigenvalue weighted by Crippen LogP contribution is 2.23.